The Morgan fingerprint density at radius 1 is 1.06 bits per heavy atom. The molecule has 1 heterocycles. The van der Waals surface area contributed by atoms with Crippen LogP contribution in [0.15, 0.2) is 48.0 Å². The fourth-order valence-electron chi connectivity index (χ4n) is 4.39. The standard InChI is InChI=1S/C28H36N2O5/c1-28(2,3)21-17-19(11-14-22(21)35-7)25(31)23-24(18-9-12-20(13-10-18)29(4)5)30(15-8-16-34-6)27(33)26(23)32/h9-14,17,24,31H,8,15-16H2,1-7H3/b25-23-. The zero-order valence-corrected chi connectivity index (χ0v) is 21.7. The molecule has 1 N–H and O–H groups in total. The molecule has 0 spiro atoms. The van der Waals surface area contributed by atoms with Crippen LogP contribution in [0.3, 0.4) is 0 Å². The third-order valence-electron chi connectivity index (χ3n) is 6.29. The fraction of sp³-hybridized carbons (Fsp3) is 0.429. The van der Waals surface area contributed by atoms with Crippen LogP contribution in [-0.2, 0) is 19.7 Å². The summed E-state index contributed by atoms with van der Waals surface area (Å²) in [6.45, 7) is 6.95. The second-order valence-electron chi connectivity index (χ2n) is 9.99. The number of hydrogen-bond acceptors (Lipinski definition) is 6. The molecule has 2 aromatic carbocycles. The molecule has 0 aromatic heterocycles. The molecule has 35 heavy (non-hydrogen) atoms. The molecule has 1 unspecified atom stereocenters. The quantitative estimate of drug-likeness (QED) is 0.259. The van der Waals surface area contributed by atoms with Gasteiger partial charge in [-0.3, -0.25) is 9.59 Å². The molecule has 1 atom stereocenters. The maximum Gasteiger partial charge on any atom is 0.295 e. The summed E-state index contributed by atoms with van der Waals surface area (Å²) in [6.07, 6.45) is 0.576. The molecule has 0 aliphatic carbocycles. The second kappa shape index (κ2) is 10.5. The van der Waals surface area contributed by atoms with Crippen LogP contribution in [0.4, 0.5) is 5.69 Å². The van der Waals surface area contributed by atoms with E-state index in [9.17, 15) is 14.7 Å². The molecule has 1 amide bonds. The molecule has 7 nitrogen and oxygen atoms in total. The van der Waals surface area contributed by atoms with Gasteiger partial charge < -0.3 is 24.4 Å². The molecule has 1 aliphatic rings. The normalized spacial score (nSPS) is 17.7. The van der Waals surface area contributed by atoms with Crippen LogP contribution >= 0.6 is 0 Å². The molecule has 2 aromatic rings. The van der Waals surface area contributed by atoms with Crippen LogP contribution in [0.25, 0.3) is 5.76 Å². The highest BCUT2D eigenvalue weighted by molar-refractivity contribution is 6.46. The molecule has 1 fully saturated rings. The number of likely N-dealkylation sites (tertiary alicyclic amines) is 1. The lowest BCUT2D eigenvalue weighted by molar-refractivity contribution is -0.140. The van der Waals surface area contributed by atoms with Crippen LogP contribution in [0, 0.1) is 0 Å². The third kappa shape index (κ3) is 5.35. The fourth-order valence-corrected chi connectivity index (χ4v) is 4.39. The summed E-state index contributed by atoms with van der Waals surface area (Å²) in [6, 6.07) is 12.3. The van der Waals surface area contributed by atoms with Gasteiger partial charge in [-0.25, -0.2) is 0 Å². The largest absolute Gasteiger partial charge is 0.507 e. The number of nitrogens with zero attached hydrogens (tertiary/aromatic N) is 2. The van der Waals surface area contributed by atoms with Gasteiger partial charge in [0.1, 0.15) is 11.5 Å². The lowest BCUT2D eigenvalue weighted by atomic mass is 9.84. The number of aliphatic hydroxyl groups is 1. The zero-order valence-electron chi connectivity index (χ0n) is 21.7. The first-order chi connectivity index (χ1) is 16.5. The Kier molecular flexibility index (Phi) is 7.90. The van der Waals surface area contributed by atoms with E-state index in [4.69, 9.17) is 9.47 Å². The number of aliphatic hydroxyl groups excluding tert-OH is 1. The Bertz CT molecular complexity index is 1110. The predicted octanol–water partition coefficient (Wildman–Crippen LogP) is 4.52. The van der Waals surface area contributed by atoms with Crippen LogP contribution < -0.4 is 9.64 Å². The third-order valence-corrected chi connectivity index (χ3v) is 6.29. The number of Topliss-reactive ketones (excluding diaryl/α,β-unsaturated/α-hetero) is 1. The summed E-state index contributed by atoms with van der Waals surface area (Å²) >= 11 is 0. The van der Waals surface area contributed by atoms with Gasteiger partial charge in [0, 0.05) is 51.2 Å². The van der Waals surface area contributed by atoms with Crippen molar-refractivity contribution in [1.29, 1.82) is 0 Å². The van der Waals surface area contributed by atoms with E-state index in [1.165, 1.54) is 4.90 Å². The van der Waals surface area contributed by atoms with Crippen LogP contribution in [0.5, 0.6) is 5.75 Å². The highest BCUT2D eigenvalue weighted by atomic mass is 16.5. The molecular weight excluding hydrogens is 444 g/mol. The lowest BCUT2D eigenvalue weighted by Crippen LogP contribution is -2.31. The van der Waals surface area contributed by atoms with E-state index in [0.29, 0.717) is 30.9 Å². The highest BCUT2D eigenvalue weighted by Crippen LogP contribution is 2.41. The van der Waals surface area contributed by atoms with Crippen molar-refractivity contribution in [2.24, 2.45) is 0 Å². The Morgan fingerprint density at radius 3 is 2.26 bits per heavy atom. The average Bonchev–Trinajstić information content (AvgIpc) is 3.07. The van der Waals surface area contributed by atoms with Gasteiger partial charge in [-0.05, 0) is 47.7 Å². The van der Waals surface area contributed by atoms with Gasteiger partial charge in [-0.2, -0.15) is 0 Å². The van der Waals surface area contributed by atoms with Crippen molar-refractivity contribution in [3.63, 3.8) is 0 Å². The Balaban J connectivity index is 2.17. The summed E-state index contributed by atoms with van der Waals surface area (Å²) in [7, 11) is 7.10. The van der Waals surface area contributed by atoms with Crippen LogP contribution in [0.2, 0.25) is 0 Å². The molecule has 0 saturated carbocycles. The minimum atomic E-state index is -0.691. The minimum absolute atomic E-state index is 0.0926. The first-order valence-electron chi connectivity index (χ1n) is 11.7. The molecule has 0 bridgehead atoms. The average molecular weight is 481 g/mol. The van der Waals surface area contributed by atoms with Crippen molar-refractivity contribution in [1.82, 2.24) is 4.90 Å². The maximum atomic E-state index is 13.3. The number of ether oxygens (including phenoxy) is 2. The van der Waals surface area contributed by atoms with Crippen molar-refractivity contribution in [2.45, 2.75) is 38.6 Å². The smallest absolute Gasteiger partial charge is 0.295 e. The number of hydrogen-bond donors (Lipinski definition) is 1. The topological polar surface area (TPSA) is 79.3 Å². The van der Waals surface area contributed by atoms with Gasteiger partial charge in [0.15, 0.2) is 0 Å². The molecule has 3 rings (SSSR count). The number of carbonyl (C=O) groups is 2. The van der Waals surface area contributed by atoms with E-state index >= 15 is 0 Å². The van der Waals surface area contributed by atoms with E-state index in [1.54, 1.807) is 26.4 Å². The molecule has 1 saturated heterocycles. The monoisotopic (exact) mass is 480 g/mol. The number of methoxy groups -OCH3 is 2. The van der Waals surface area contributed by atoms with Crippen molar-refractivity contribution < 1.29 is 24.2 Å². The van der Waals surface area contributed by atoms with E-state index in [1.807, 2.05) is 49.3 Å². The zero-order chi connectivity index (χ0) is 25.9. The number of carbonyl (C=O) groups excluding carboxylic acids is 2. The molecule has 7 heteroatoms. The first-order valence-corrected chi connectivity index (χ1v) is 11.7. The predicted molar refractivity (Wildman–Crippen MR) is 138 cm³/mol. The number of amides is 1. The summed E-state index contributed by atoms with van der Waals surface area (Å²) in [4.78, 5) is 29.9. The lowest BCUT2D eigenvalue weighted by Gasteiger charge is -2.26. The van der Waals surface area contributed by atoms with Crippen molar-refractivity contribution >= 4 is 23.1 Å². The first kappa shape index (κ1) is 26.3. The van der Waals surface area contributed by atoms with Gasteiger partial charge in [0.05, 0.1) is 18.7 Å². The minimum Gasteiger partial charge on any atom is -0.507 e. The van der Waals surface area contributed by atoms with E-state index in [2.05, 4.69) is 20.8 Å². The number of benzene rings is 2. The van der Waals surface area contributed by atoms with E-state index in [-0.39, 0.29) is 16.7 Å². The Hall–Kier alpha value is -3.32. The molecule has 1 aliphatic heterocycles. The van der Waals surface area contributed by atoms with Crippen molar-refractivity contribution in [3.05, 3.63) is 64.7 Å². The van der Waals surface area contributed by atoms with Crippen LogP contribution in [-0.4, -0.2) is 63.2 Å². The second-order valence-corrected chi connectivity index (χ2v) is 9.99. The van der Waals surface area contributed by atoms with Gasteiger partial charge in [-0.15, -0.1) is 0 Å². The number of anilines is 1. The van der Waals surface area contributed by atoms with Crippen LogP contribution in [0.1, 0.15) is 49.9 Å². The van der Waals surface area contributed by atoms with Gasteiger partial charge in [-0.1, -0.05) is 32.9 Å². The number of ketones is 1. The number of rotatable bonds is 8. The van der Waals surface area contributed by atoms with E-state index in [0.717, 1.165) is 16.8 Å². The van der Waals surface area contributed by atoms with Gasteiger partial charge in [0.25, 0.3) is 11.7 Å². The highest BCUT2D eigenvalue weighted by Gasteiger charge is 2.45. The Labute approximate surface area is 207 Å². The summed E-state index contributed by atoms with van der Waals surface area (Å²) in [5, 5.41) is 11.4. The molecular formula is C28H36N2O5. The Morgan fingerprint density at radius 2 is 1.71 bits per heavy atom. The van der Waals surface area contributed by atoms with E-state index < -0.39 is 17.7 Å². The molecule has 0 radical (unpaired) electrons. The van der Waals surface area contributed by atoms with Gasteiger partial charge in [0.2, 0.25) is 0 Å². The van der Waals surface area contributed by atoms with Crippen molar-refractivity contribution in [3.8, 4) is 5.75 Å². The summed E-state index contributed by atoms with van der Waals surface area (Å²) in [5.74, 6) is -0.791. The SMILES string of the molecule is COCCCN1C(=O)C(=O)/C(=C(\O)c2ccc(OC)c(C(C)(C)C)c2)C1c1ccc(N(C)C)cc1. The van der Waals surface area contributed by atoms with Gasteiger partial charge >= 0.3 is 0 Å². The summed E-state index contributed by atoms with van der Waals surface area (Å²) in [5.41, 5.74) is 2.96. The molecule has 188 valence electrons. The van der Waals surface area contributed by atoms with Crippen molar-refractivity contribution in [2.75, 3.05) is 46.4 Å². The summed E-state index contributed by atoms with van der Waals surface area (Å²) < 4.78 is 10.7. The maximum absolute atomic E-state index is 13.3.